The number of anilines is 1. The summed E-state index contributed by atoms with van der Waals surface area (Å²) in [5.41, 5.74) is 3.34. The summed E-state index contributed by atoms with van der Waals surface area (Å²) in [5, 5.41) is 2.89. The number of benzene rings is 2. The fraction of sp³-hybridized carbons (Fsp3) is 0.391. The van der Waals surface area contributed by atoms with Gasteiger partial charge in [0.25, 0.3) is 0 Å². The van der Waals surface area contributed by atoms with Gasteiger partial charge in [0, 0.05) is 24.7 Å². The molecule has 1 fully saturated rings. The normalized spacial score (nSPS) is 15.5. The number of hydrogen-bond acceptors (Lipinski definition) is 5. The van der Waals surface area contributed by atoms with E-state index >= 15 is 0 Å². The van der Waals surface area contributed by atoms with Gasteiger partial charge in [-0.05, 0) is 55.5 Å². The number of rotatable bonds is 6. The number of nitrogens with zero attached hydrogens (tertiary/aromatic N) is 1. The third-order valence-corrected chi connectivity index (χ3v) is 7.64. The lowest BCUT2D eigenvalue weighted by molar-refractivity contribution is -0.120. The average Bonchev–Trinajstić information content (AvgIpc) is 2.76. The Balaban J connectivity index is 1.61. The van der Waals surface area contributed by atoms with Crippen LogP contribution in [0.15, 0.2) is 42.5 Å². The molecule has 0 aliphatic carbocycles. The number of piperidine rings is 1. The molecule has 31 heavy (non-hydrogen) atoms. The predicted molar refractivity (Wildman–Crippen MR) is 119 cm³/mol. The van der Waals surface area contributed by atoms with Crippen LogP contribution in [-0.4, -0.2) is 44.8 Å². The number of carbonyl (C=O) groups is 2. The minimum absolute atomic E-state index is 0.0317. The Kier molecular flexibility index (Phi) is 7.12. The number of amides is 1. The van der Waals surface area contributed by atoms with Crippen molar-refractivity contribution in [2.75, 3.05) is 25.5 Å². The van der Waals surface area contributed by atoms with Crippen molar-refractivity contribution in [3.8, 4) is 0 Å². The van der Waals surface area contributed by atoms with Crippen molar-refractivity contribution in [1.29, 1.82) is 0 Å². The van der Waals surface area contributed by atoms with Crippen molar-refractivity contribution in [2.45, 2.75) is 32.4 Å². The van der Waals surface area contributed by atoms with E-state index in [1.165, 1.54) is 11.4 Å². The van der Waals surface area contributed by atoms with Crippen LogP contribution in [0.4, 0.5) is 5.69 Å². The lowest BCUT2D eigenvalue weighted by atomic mass is 9.96. The molecular weight excluding hydrogens is 416 g/mol. The van der Waals surface area contributed by atoms with Crippen LogP contribution in [-0.2, 0) is 25.3 Å². The van der Waals surface area contributed by atoms with E-state index in [0.717, 1.165) is 11.1 Å². The van der Waals surface area contributed by atoms with Gasteiger partial charge in [0.1, 0.15) is 0 Å². The molecule has 0 atom stereocenters. The van der Waals surface area contributed by atoms with Crippen LogP contribution in [0.1, 0.15) is 39.9 Å². The van der Waals surface area contributed by atoms with Crippen molar-refractivity contribution < 1.29 is 22.7 Å². The average molecular weight is 445 g/mol. The molecule has 0 aromatic heterocycles. The molecule has 0 unspecified atom stereocenters. The number of methoxy groups -OCH3 is 1. The van der Waals surface area contributed by atoms with Crippen molar-refractivity contribution in [3.63, 3.8) is 0 Å². The summed E-state index contributed by atoms with van der Waals surface area (Å²) < 4.78 is 31.9. The second-order valence-corrected chi connectivity index (χ2v) is 9.78. The van der Waals surface area contributed by atoms with E-state index in [2.05, 4.69) is 5.32 Å². The Bertz CT molecular complexity index is 1070. The van der Waals surface area contributed by atoms with E-state index < -0.39 is 16.0 Å². The minimum atomic E-state index is -3.44. The van der Waals surface area contributed by atoms with Gasteiger partial charge < -0.3 is 10.1 Å². The van der Waals surface area contributed by atoms with Crippen LogP contribution in [0.25, 0.3) is 0 Å². The Morgan fingerprint density at radius 2 is 1.74 bits per heavy atom. The molecule has 8 heteroatoms. The first-order chi connectivity index (χ1) is 14.7. The molecule has 3 rings (SSSR count). The van der Waals surface area contributed by atoms with Crippen molar-refractivity contribution in [3.05, 3.63) is 64.7 Å². The molecule has 0 spiro atoms. The zero-order chi connectivity index (χ0) is 22.6. The maximum absolute atomic E-state index is 12.8. The lowest BCUT2D eigenvalue weighted by Gasteiger charge is -2.31. The summed E-state index contributed by atoms with van der Waals surface area (Å²) in [6.07, 6.45) is 0.906. The molecule has 0 saturated carbocycles. The molecule has 1 aliphatic rings. The lowest BCUT2D eigenvalue weighted by Crippen LogP contribution is -2.42. The van der Waals surface area contributed by atoms with E-state index in [4.69, 9.17) is 4.74 Å². The highest BCUT2D eigenvalue weighted by atomic mass is 32.2. The monoisotopic (exact) mass is 444 g/mol. The quantitative estimate of drug-likeness (QED) is 0.691. The van der Waals surface area contributed by atoms with E-state index in [1.807, 2.05) is 31.2 Å². The highest BCUT2D eigenvalue weighted by Gasteiger charge is 2.31. The first-order valence-corrected chi connectivity index (χ1v) is 11.8. The molecule has 166 valence electrons. The SMILES string of the molecule is COC(=O)c1cccc(NC(=O)C2CCN(S(=O)(=O)Cc3ccccc3C)CC2)c1C. The summed E-state index contributed by atoms with van der Waals surface area (Å²) in [4.78, 5) is 24.6. The summed E-state index contributed by atoms with van der Waals surface area (Å²) in [5.74, 6) is -0.941. The largest absolute Gasteiger partial charge is 0.465 e. The molecule has 1 heterocycles. The predicted octanol–water partition coefficient (Wildman–Crippen LogP) is 3.27. The molecule has 1 aliphatic heterocycles. The van der Waals surface area contributed by atoms with Crippen LogP contribution in [0, 0.1) is 19.8 Å². The minimum Gasteiger partial charge on any atom is -0.465 e. The molecule has 0 radical (unpaired) electrons. The smallest absolute Gasteiger partial charge is 0.338 e. The third-order valence-electron chi connectivity index (χ3n) is 5.81. The maximum atomic E-state index is 12.8. The van der Waals surface area contributed by atoms with Crippen molar-refractivity contribution in [1.82, 2.24) is 4.31 Å². The van der Waals surface area contributed by atoms with Crippen LogP contribution >= 0.6 is 0 Å². The molecule has 7 nitrogen and oxygen atoms in total. The number of esters is 1. The van der Waals surface area contributed by atoms with Gasteiger partial charge in [-0.1, -0.05) is 30.3 Å². The van der Waals surface area contributed by atoms with Crippen LogP contribution in [0.3, 0.4) is 0 Å². The highest BCUT2D eigenvalue weighted by molar-refractivity contribution is 7.88. The number of nitrogens with one attached hydrogen (secondary N) is 1. The molecular formula is C23H28N2O5S. The first kappa shape index (κ1) is 23.0. The van der Waals surface area contributed by atoms with Gasteiger partial charge in [-0.3, -0.25) is 4.79 Å². The number of sulfonamides is 1. The van der Waals surface area contributed by atoms with Gasteiger partial charge in [0.2, 0.25) is 15.9 Å². The fourth-order valence-electron chi connectivity index (χ4n) is 3.79. The summed E-state index contributed by atoms with van der Waals surface area (Å²) in [6.45, 7) is 4.28. The summed E-state index contributed by atoms with van der Waals surface area (Å²) in [6, 6.07) is 12.5. The topological polar surface area (TPSA) is 92.8 Å². The molecule has 2 aromatic carbocycles. The Labute approximate surface area is 183 Å². The Hall–Kier alpha value is -2.71. The van der Waals surface area contributed by atoms with Gasteiger partial charge >= 0.3 is 5.97 Å². The zero-order valence-electron chi connectivity index (χ0n) is 18.1. The number of hydrogen-bond donors (Lipinski definition) is 1. The number of aryl methyl sites for hydroxylation is 1. The standard InChI is InChI=1S/C23H28N2O5S/c1-16-7-4-5-8-19(16)15-31(28,29)25-13-11-18(12-14-25)22(26)24-21-10-6-9-20(17(21)2)23(27)30-3/h4-10,18H,11-15H2,1-3H3,(H,24,26). The van der Waals surface area contributed by atoms with Crippen LogP contribution < -0.4 is 5.32 Å². The van der Waals surface area contributed by atoms with E-state index in [9.17, 15) is 18.0 Å². The summed E-state index contributed by atoms with van der Waals surface area (Å²) >= 11 is 0. The third kappa shape index (κ3) is 5.32. The first-order valence-electron chi connectivity index (χ1n) is 10.2. The van der Waals surface area contributed by atoms with Crippen LogP contribution in [0.2, 0.25) is 0 Å². The number of carbonyl (C=O) groups excluding carboxylic acids is 2. The van der Waals surface area contributed by atoms with Crippen LogP contribution in [0.5, 0.6) is 0 Å². The highest BCUT2D eigenvalue weighted by Crippen LogP contribution is 2.25. The maximum Gasteiger partial charge on any atom is 0.338 e. The van der Waals surface area contributed by atoms with Crippen molar-refractivity contribution in [2.24, 2.45) is 5.92 Å². The molecule has 2 aromatic rings. The second kappa shape index (κ2) is 9.62. The Morgan fingerprint density at radius 1 is 1.06 bits per heavy atom. The molecule has 1 N–H and O–H groups in total. The van der Waals surface area contributed by atoms with Gasteiger partial charge in [-0.25, -0.2) is 17.5 Å². The van der Waals surface area contributed by atoms with Gasteiger partial charge in [0.15, 0.2) is 0 Å². The van der Waals surface area contributed by atoms with Crippen molar-refractivity contribution >= 4 is 27.6 Å². The fourth-order valence-corrected chi connectivity index (χ4v) is 5.46. The van der Waals surface area contributed by atoms with Gasteiger partial charge in [0.05, 0.1) is 18.4 Å². The van der Waals surface area contributed by atoms with E-state index in [1.54, 1.807) is 25.1 Å². The molecule has 1 amide bonds. The second-order valence-electron chi connectivity index (χ2n) is 7.81. The molecule has 1 saturated heterocycles. The zero-order valence-corrected chi connectivity index (χ0v) is 18.9. The van der Waals surface area contributed by atoms with Gasteiger partial charge in [-0.2, -0.15) is 0 Å². The number of ether oxygens (including phenoxy) is 1. The van der Waals surface area contributed by atoms with E-state index in [-0.39, 0.29) is 17.6 Å². The Morgan fingerprint density at radius 3 is 2.39 bits per heavy atom. The van der Waals surface area contributed by atoms with Gasteiger partial charge in [-0.15, -0.1) is 0 Å². The van der Waals surface area contributed by atoms with E-state index in [0.29, 0.717) is 42.7 Å². The molecule has 0 bridgehead atoms. The summed E-state index contributed by atoms with van der Waals surface area (Å²) in [7, 11) is -2.13.